The van der Waals surface area contributed by atoms with Crippen LogP contribution in [0.1, 0.15) is 49.1 Å². The van der Waals surface area contributed by atoms with Crippen LogP contribution >= 0.6 is 27.5 Å². The first kappa shape index (κ1) is 23.4. The maximum Gasteiger partial charge on any atom is 0.277 e. The zero-order chi connectivity index (χ0) is 22.2. The lowest BCUT2D eigenvalue weighted by molar-refractivity contribution is -0.123. The maximum atomic E-state index is 12.3. The Hall–Kier alpha value is -2.25. The fraction of sp³-hybridized carbons (Fsp3) is 0.391. The molecule has 0 unspecified atom stereocenters. The second kappa shape index (κ2) is 11.4. The summed E-state index contributed by atoms with van der Waals surface area (Å²) >= 11 is 9.68. The summed E-state index contributed by atoms with van der Waals surface area (Å²) in [5, 5.41) is 4.71. The van der Waals surface area contributed by atoms with Crippen molar-refractivity contribution in [2.24, 2.45) is 5.10 Å². The molecule has 166 valence electrons. The van der Waals surface area contributed by atoms with Crippen LogP contribution in [0.5, 0.6) is 17.2 Å². The van der Waals surface area contributed by atoms with E-state index in [1.54, 1.807) is 32.4 Å². The average Bonchev–Trinajstić information content (AvgIpc) is 2.79. The molecule has 0 aliphatic heterocycles. The Morgan fingerprint density at radius 2 is 1.81 bits per heavy atom. The van der Waals surface area contributed by atoms with Gasteiger partial charge in [-0.3, -0.25) is 4.79 Å². The zero-order valence-corrected chi connectivity index (χ0v) is 20.0. The van der Waals surface area contributed by atoms with Crippen molar-refractivity contribution in [2.75, 3.05) is 20.8 Å². The van der Waals surface area contributed by atoms with Crippen LogP contribution in [-0.2, 0) is 4.79 Å². The molecule has 8 heteroatoms. The Kier molecular flexibility index (Phi) is 8.60. The minimum absolute atomic E-state index is 0.144. The van der Waals surface area contributed by atoms with Gasteiger partial charge in [0.15, 0.2) is 6.61 Å². The van der Waals surface area contributed by atoms with Crippen molar-refractivity contribution in [1.82, 2.24) is 5.43 Å². The molecule has 2 aromatic carbocycles. The molecule has 6 nitrogen and oxygen atoms in total. The molecule has 2 aromatic rings. The van der Waals surface area contributed by atoms with Gasteiger partial charge in [-0.15, -0.1) is 0 Å². The van der Waals surface area contributed by atoms with Gasteiger partial charge in [-0.05, 0) is 70.6 Å². The van der Waals surface area contributed by atoms with Gasteiger partial charge in [0.2, 0.25) is 0 Å². The zero-order valence-electron chi connectivity index (χ0n) is 17.6. The van der Waals surface area contributed by atoms with E-state index >= 15 is 0 Å². The second-order valence-corrected chi connectivity index (χ2v) is 8.53. The number of hydrogen-bond donors (Lipinski definition) is 1. The maximum absolute atomic E-state index is 12.3. The summed E-state index contributed by atoms with van der Waals surface area (Å²) in [4.78, 5) is 12.3. The Morgan fingerprint density at radius 1 is 1.13 bits per heavy atom. The molecule has 1 N–H and O–H groups in total. The summed E-state index contributed by atoms with van der Waals surface area (Å²) in [5.41, 5.74) is 4.22. The molecule has 1 saturated carbocycles. The number of benzene rings is 2. The van der Waals surface area contributed by atoms with Crippen molar-refractivity contribution < 1.29 is 19.0 Å². The molecular formula is C23H26BrClN2O4. The molecule has 1 amide bonds. The lowest BCUT2D eigenvalue weighted by atomic mass is 9.84. The number of carbonyl (C=O) groups is 1. The number of ether oxygens (including phenoxy) is 3. The third-order valence-electron chi connectivity index (χ3n) is 5.30. The topological polar surface area (TPSA) is 69.2 Å². The van der Waals surface area contributed by atoms with Crippen molar-refractivity contribution in [3.05, 3.63) is 51.0 Å². The lowest BCUT2D eigenvalue weighted by Crippen LogP contribution is -2.25. The molecule has 0 heterocycles. The van der Waals surface area contributed by atoms with E-state index in [0.29, 0.717) is 38.2 Å². The third kappa shape index (κ3) is 6.14. The van der Waals surface area contributed by atoms with E-state index in [1.807, 2.05) is 12.1 Å². The predicted molar refractivity (Wildman–Crippen MR) is 126 cm³/mol. The number of nitrogens with zero attached hydrogens (tertiary/aromatic N) is 1. The number of nitrogens with one attached hydrogen (secondary N) is 1. The van der Waals surface area contributed by atoms with Gasteiger partial charge < -0.3 is 14.2 Å². The van der Waals surface area contributed by atoms with Crippen molar-refractivity contribution in [2.45, 2.75) is 38.0 Å². The number of rotatable bonds is 8. The van der Waals surface area contributed by atoms with E-state index in [4.69, 9.17) is 25.8 Å². The van der Waals surface area contributed by atoms with Gasteiger partial charge in [0.25, 0.3) is 5.91 Å². The van der Waals surface area contributed by atoms with Crippen molar-refractivity contribution in [1.29, 1.82) is 0 Å². The standard InChI is InChI=1S/C23H26BrClN2O4/c1-29-19-10-11-21(30-2)23(24)18(19)13-26-27-22(28)14-31-20-9-8-16(25)12-17(20)15-6-4-3-5-7-15/h8-13,15H,3-7,14H2,1-2H3,(H,27,28)/b26-13+. The normalized spacial score (nSPS) is 14.5. The Morgan fingerprint density at radius 3 is 2.52 bits per heavy atom. The molecule has 0 radical (unpaired) electrons. The molecule has 1 aliphatic rings. The molecule has 0 spiro atoms. The first-order valence-electron chi connectivity index (χ1n) is 10.2. The van der Waals surface area contributed by atoms with E-state index in [2.05, 4.69) is 26.5 Å². The minimum atomic E-state index is -0.362. The summed E-state index contributed by atoms with van der Waals surface area (Å²) in [5.74, 6) is 1.99. The van der Waals surface area contributed by atoms with Gasteiger partial charge >= 0.3 is 0 Å². The summed E-state index contributed by atoms with van der Waals surface area (Å²) in [6.45, 7) is -0.144. The summed E-state index contributed by atoms with van der Waals surface area (Å²) < 4.78 is 17.1. The number of methoxy groups -OCH3 is 2. The van der Waals surface area contributed by atoms with E-state index in [1.165, 1.54) is 25.5 Å². The van der Waals surface area contributed by atoms with Crippen LogP contribution in [0.15, 0.2) is 39.9 Å². The van der Waals surface area contributed by atoms with Gasteiger partial charge in [0.05, 0.1) is 30.5 Å². The van der Waals surface area contributed by atoms with Crippen molar-refractivity contribution in [3.63, 3.8) is 0 Å². The molecule has 3 rings (SSSR count). The number of hydrogen-bond acceptors (Lipinski definition) is 5. The van der Waals surface area contributed by atoms with Gasteiger partial charge in [-0.2, -0.15) is 5.10 Å². The van der Waals surface area contributed by atoms with Crippen LogP contribution in [0, 0.1) is 0 Å². The van der Waals surface area contributed by atoms with Gasteiger partial charge in [0.1, 0.15) is 17.2 Å². The molecule has 1 fully saturated rings. The molecule has 31 heavy (non-hydrogen) atoms. The van der Waals surface area contributed by atoms with Crippen LogP contribution in [-0.4, -0.2) is 32.9 Å². The average molecular weight is 510 g/mol. The Bertz CT molecular complexity index is 945. The highest BCUT2D eigenvalue weighted by molar-refractivity contribution is 9.10. The SMILES string of the molecule is COc1ccc(OC)c(/C=N/NC(=O)COc2ccc(Cl)cc2C2CCCCC2)c1Br. The first-order chi connectivity index (χ1) is 15.0. The molecule has 0 bridgehead atoms. The molecule has 0 aromatic heterocycles. The van der Waals surface area contributed by atoms with Crippen LogP contribution in [0.25, 0.3) is 0 Å². The lowest BCUT2D eigenvalue weighted by Gasteiger charge is -2.24. The third-order valence-corrected chi connectivity index (χ3v) is 6.36. The van der Waals surface area contributed by atoms with Gasteiger partial charge in [0, 0.05) is 5.02 Å². The highest BCUT2D eigenvalue weighted by Crippen LogP contribution is 2.38. The fourth-order valence-electron chi connectivity index (χ4n) is 3.74. The highest BCUT2D eigenvalue weighted by atomic mass is 79.9. The highest BCUT2D eigenvalue weighted by Gasteiger charge is 2.20. The van der Waals surface area contributed by atoms with Crippen LogP contribution < -0.4 is 19.6 Å². The summed E-state index contributed by atoms with van der Waals surface area (Å²) in [6, 6.07) is 9.12. The van der Waals surface area contributed by atoms with Crippen molar-refractivity contribution in [3.8, 4) is 17.2 Å². The van der Waals surface area contributed by atoms with E-state index in [0.717, 1.165) is 18.4 Å². The number of hydrazone groups is 1. The van der Waals surface area contributed by atoms with Crippen LogP contribution in [0.3, 0.4) is 0 Å². The first-order valence-corrected chi connectivity index (χ1v) is 11.3. The molecule has 0 saturated heterocycles. The Balaban J connectivity index is 1.63. The monoisotopic (exact) mass is 508 g/mol. The number of carbonyl (C=O) groups excluding carboxylic acids is 1. The summed E-state index contributed by atoms with van der Waals surface area (Å²) in [7, 11) is 3.14. The van der Waals surface area contributed by atoms with Gasteiger partial charge in [-0.1, -0.05) is 30.9 Å². The molecular weight excluding hydrogens is 484 g/mol. The predicted octanol–water partition coefficient (Wildman–Crippen LogP) is 5.70. The smallest absolute Gasteiger partial charge is 0.277 e. The second-order valence-electron chi connectivity index (χ2n) is 7.30. The van der Waals surface area contributed by atoms with Gasteiger partial charge in [-0.25, -0.2) is 5.43 Å². The Labute approximate surface area is 196 Å². The summed E-state index contributed by atoms with van der Waals surface area (Å²) in [6.07, 6.45) is 7.40. The fourth-order valence-corrected chi connectivity index (χ4v) is 4.51. The largest absolute Gasteiger partial charge is 0.496 e. The van der Waals surface area contributed by atoms with E-state index in [-0.39, 0.29) is 12.5 Å². The molecule has 0 atom stereocenters. The number of halogens is 2. The van der Waals surface area contributed by atoms with E-state index in [9.17, 15) is 4.79 Å². The number of amides is 1. The van der Waals surface area contributed by atoms with Crippen LogP contribution in [0.2, 0.25) is 5.02 Å². The minimum Gasteiger partial charge on any atom is -0.496 e. The van der Waals surface area contributed by atoms with E-state index < -0.39 is 0 Å². The quantitative estimate of drug-likeness (QED) is 0.366. The van der Waals surface area contributed by atoms with Crippen LogP contribution in [0.4, 0.5) is 0 Å². The molecule has 1 aliphatic carbocycles. The van der Waals surface area contributed by atoms with Crippen molar-refractivity contribution >= 4 is 39.7 Å².